The summed E-state index contributed by atoms with van der Waals surface area (Å²) in [7, 11) is 3.60. The van der Waals surface area contributed by atoms with Crippen LogP contribution in [0.15, 0.2) is 53.3 Å². The van der Waals surface area contributed by atoms with E-state index in [0.29, 0.717) is 41.2 Å². The van der Waals surface area contributed by atoms with Crippen molar-refractivity contribution < 1.29 is 14.3 Å². The van der Waals surface area contributed by atoms with Crippen molar-refractivity contribution in [3.63, 3.8) is 0 Å². The lowest BCUT2D eigenvalue weighted by atomic mass is 9.93. The Balaban J connectivity index is 0.805. The number of aryl methyl sites for hydroxylation is 2. The molecule has 2 aromatic heterocycles. The van der Waals surface area contributed by atoms with Gasteiger partial charge in [-0.1, -0.05) is 17.7 Å². The van der Waals surface area contributed by atoms with Crippen molar-refractivity contribution in [1.29, 1.82) is 5.26 Å². The molecule has 0 radical (unpaired) electrons. The summed E-state index contributed by atoms with van der Waals surface area (Å²) in [5, 5.41) is 28.2. The number of benzene rings is 2. The van der Waals surface area contributed by atoms with Crippen molar-refractivity contribution in [1.82, 2.24) is 35.3 Å². The molecule has 0 unspecified atom stereocenters. The zero-order chi connectivity index (χ0) is 36.5. The van der Waals surface area contributed by atoms with E-state index in [2.05, 4.69) is 49.2 Å². The molecule has 0 spiro atoms. The Morgan fingerprint density at radius 1 is 0.923 bits per heavy atom. The van der Waals surface area contributed by atoms with Crippen LogP contribution in [0.4, 0.5) is 5.82 Å². The monoisotopic (exact) mass is 729 g/mol. The van der Waals surface area contributed by atoms with E-state index in [1.165, 1.54) is 0 Å². The topological polar surface area (TPSA) is 151 Å². The van der Waals surface area contributed by atoms with Gasteiger partial charge in [-0.05, 0) is 92.9 Å². The number of hydrogen-bond acceptors (Lipinski definition) is 10. The van der Waals surface area contributed by atoms with Crippen molar-refractivity contribution in [2.75, 3.05) is 50.8 Å². The first-order chi connectivity index (χ1) is 25.3. The lowest BCUT2D eigenvalue weighted by molar-refractivity contribution is 0.0888. The fourth-order valence-electron chi connectivity index (χ4n) is 7.01. The van der Waals surface area contributed by atoms with Gasteiger partial charge in [-0.15, -0.1) is 10.2 Å². The van der Waals surface area contributed by atoms with Crippen LogP contribution in [0.3, 0.4) is 0 Å². The van der Waals surface area contributed by atoms with Gasteiger partial charge in [0.25, 0.3) is 5.91 Å². The van der Waals surface area contributed by atoms with E-state index >= 15 is 0 Å². The predicted molar refractivity (Wildman–Crippen MR) is 201 cm³/mol. The minimum atomic E-state index is -0.205. The van der Waals surface area contributed by atoms with Crippen LogP contribution >= 0.6 is 11.6 Å². The summed E-state index contributed by atoms with van der Waals surface area (Å²) in [6.45, 7) is 6.38. The first-order valence-corrected chi connectivity index (χ1v) is 18.6. The predicted octanol–water partition coefficient (Wildman–Crippen LogP) is 3.92. The van der Waals surface area contributed by atoms with E-state index in [4.69, 9.17) is 26.3 Å². The molecule has 0 atom stereocenters. The molecule has 2 aromatic carbocycles. The van der Waals surface area contributed by atoms with Gasteiger partial charge in [-0.3, -0.25) is 13.9 Å². The summed E-state index contributed by atoms with van der Waals surface area (Å²) in [5.74, 6) is 1.85. The van der Waals surface area contributed by atoms with Crippen molar-refractivity contribution in [2.45, 2.75) is 57.2 Å². The number of halogens is 1. The first kappa shape index (κ1) is 37.3. The third-order valence-electron chi connectivity index (χ3n) is 10.1. The molecule has 2 aliphatic rings. The molecule has 1 saturated heterocycles. The average Bonchev–Trinajstić information content (AvgIpc) is 3.38. The van der Waals surface area contributed by atoms with E-state index in [1.54, 1.807) is 47.5 Å². The van der Waals surface area contributed by atoms with E-state index in [1.807, 2.05) is 12.1 Å². The average molecular weight is 730 g/mol. The number of aromatic nitrogens is 4. The number of carbonyl (C=O) groups is 1. The van der Waals surface area contributed by atoms with Crippen molar-refractivity contribution in [3.05, 3.63) is 80.9 Å². The fourth-order valence-corrected chi connectivity index (χ4v) is 7.22. The summed E-state index contributed by atoms with van der Waals surface area (Å²) < 4.78 is 15.2. The number of imidazole rings is 1. The van der Waals surface area contributed by atoms with Gasteiger partial charge in [-0.25, -0.2) is 4.79 Å². The number of hydrogen-bond donors (Lipinski definition) is 3. The SMILES string of the molecule is Cn1c(=O)n(C)c2cc(CNCCOCCNCC3CCN(c4ccc(C(=O)NC5CCC(Oc6ccc(C#N)c(Cl)c6)CC5)nn4)CC3)ccc21. The number of fused-ring (bicyclic) bond motifs is 1. The maximum absolute atomic E-state index is 12.9. The second-order valence-electron chi connectivity index (χ2n) is 13.7. The molecule has 3 N–H and O–H groups in total. The zero-order valence-electron chi connectivity index (χ0n) is 29.9. The molecule has 3 heterocycles. The Labute approximate surface area is 309 Å². The van der Waals surface area contributed by atoms with Gasteiger partial charge in [0.2, 0.25) is 0 Å². The zero-order valence-corrected chi connectivity index (χ0v) is 30.7. The van der Waals surface area contributed by atoms with Gasteiger partial charge >= 0.3 is 5.69 Å². The van der Waals surface area contributed by atoms with Gasteiger partial charge < -0.3 is 30.3 Å². The molecule has 1 aliphatic carbocycles. The van der Waals surface area contributed by atoms with E-state index in [9.17, 15) is 9.59 Å². The van der Waals surface area contributed by atoms with Crippen molar-refractivity contribution in [2.24, 2.45) is 20.0 Å². The Morgan fingerprint density at radius 3 is 2.38 bits per heavy atom. The number of piperidine rings is 1. The van der Waals surface area contributed by atoms with E-state index < -0.39 is 0 Å². The van der Waals surface area contributed by atoms with Crippen LogP contribution in [0.2, 0.25) is 5.02 Å². The molecule has 0 bridgehead atoms. The number of ether oxygens (including phenoxy) is 2. The minimum absolute atomic E-state index is 0.0135. The van der Waals surface area contributed by atoms with Gasteiger partial charge in [0, 0.05) is 58.9 Å². The molecular formula is C38H48ClN9O4. The fraction of sp³-hybridized carbons (Fsp3) is 0.500. The number of nitrogens with one attached hydrogen (secondary N) is 3. The van der Waals surface area contributed by atoms with E-state index in [0.717, 1.165) is 100 Å². The number of anilines is 1. The van der Waals surface area contributed by atoms with Crippen LogP contribution in [0.1, 0.15) is 60.1 Å². The van der Waals surface area contributed by atoms with Gasteiger partial charge in [0.1, 0.15) is 11.8 Å². The standard InChI is InChI=1S/C38H48ClN9O4/c1-46-34-11-3-27(21-35(34)47(2)38(46)50)25-42-16-20-51-19-15-41-24-26-13-17-48(18-14-26)36-12-10-33(44-45-36)37(49)43-29-5-8-30(9-6-29)52-31-7-4-28(23-40)32(39)22-31/h3-4,7,10-12,21-22,26,29-30,41-42H,5-6,8-9,13-20,24-25H2,1-2H3,(H,43,49). The number of nitriles is 1. The van der Waals surface area contributed by atoms with Gasteiger partial charge in [0.05, 0.1) is 40.9 Å². The maximum atomic E-state index is 12.9. The van der Waals surface area contributed by atoms with Crippen molar-refractivity contribution >= 4 is 34.4 Å². The molecule has 52 heavy (non-hydrogen) atoms. The lowest BCUT2D eigenvalue weighted by Crippen LogP contribution is -2.40. The quantitative estimate of drug-likeness (QED) is 0.154. The largest absolute Gasteiger partial charge is 0.490 e. The normalized spacial score (nSPS) is 18.0. The summed E-state index contributed by atoms with van der Waals surface area (Å²) in [6, 6.07) is 17.0. The van der Waals surface area contributed by atoms with E-state index in [-0.39, 0.29) is 23.7 Å². The molecule has 276 valence electrons. The maximum Gasteiger partial charge on any atom is 0.328 e. The highest BCUT2D eigenvalue weighted by atomic mass is 35.5. The minimum Gasteiger partial charge on any atom is -0.490 e. The van der Waals surface area contributed by atoms with Crippen LogP contribution in [0.25, 0.3) is 11.0 Å². The summed E-state index contributed by atoms with van der Waals surface area (Å²) >= 11 is 6.13. The highest BCUT2D eigenvalue weighted by Gasteiger charge is 2.25. The van der Waals surface area contributed by atoms with Crippen molar-refractivity contribution in [3.8, 4) is 11.8 Å². The molecule has 1 aliphatic heterocycles. The van der Waals surface area contributed by atoms with Crippen LogP contribution in [0.5, 0.6) is 5.75 Å². The number of amides is 1. The Kier molecular flexibility index (Phi) is 12.8. The summed E-state index contributed by atoms with van der Waals surface area (Å²) in [4.78, 5) is 27.3. The highest BCUT2D eigenvalue weighted by Crippen LogP contribution is 2.28. The molecule has 4 aromatic rings. The van der Waals surface area contributed by atoms with Gasteiger partial charge in [0.15, 0.2) is 11.5 Å². The molecule has 6 rings (SSSR count). The highest BCUT2D eigenvalue weighted by molar-refractivity contribution is 6.31. The summed E-state index contributed by atoms with van der Waals surface area (Å²) in [5.41, 5.74) is 3.75. The molecule has 13 nitrogen and oxygen atoms in total. The molecule has 1 saturated carbocycles. The Hall–Kier alpha value is -4.48. The second kappa shape index (κ2) is 17.8. The molecule has 14 heteroatoms. The molecular weight excluding hydrogens is 682 g/mol. The van der Waals surface area contributed by atoms with Crippen LogP contribution < -0.4 is 31.3 Å². The number of carbonyl (C=O) groups excluding carboxylic acids is 1. The Bertz CT molecular complexity index is 1910. The van der Waals surface area contributed by atoms with Crippen LogP contribution in [0, 0.1) is 17.2 Å². The van der Waals surface area contributed by atoms with Crippen LogP contribution in [-0.4, -0.2) is 83.3 Å². The second-order valence-corrected chi connectivity index (χ2v) is 14.1. The Morgan fingerprint density at radius 2 is 1.67 bits per heavy atom. The molecule has 1 amide bonds. The van der Waals surface area contributed by atoms with Crippen LogP contribution in [-0.2, 0) is 25.4 Å². The number of nitrogens with zero attached hydrogens (tertiary/aromatic N) is 6. The molecule has 2 fully saturated rings. The number of rotatable bonds is 15. The summed E-state index contributed by atoms with van der Waals surface area (Å²) in [6.07, 6.45) is 5.40. The third kappa shape index (κ3) is 9.49. The first-order valence-electron chi connectivity index (χ1n) is 18.2. The third-order valence-corrected chi connectivity index (χ3v) is 10.5. The lowest BCUT2D eigenvalue weighted by Gasteiger charge is -2.32. The van der Waals surface area contributed by atoms with Gasteiger partial charge in [-0.2, -0.15) is 5.26 Å². The smallest absolute Gasteiger partial charge is 0.328 e.